The summed E-state index contributed by atoms with van der Waals surface area (Å²) in [6.07, 6.45) is 5.65. The van der Waals surface area contributed by atoms with Crippen LogP contribution in [0.5, 0.6) is 5.75 Å². The molecule has 0 spiro atoms. The molecule has 0 aromatic heterocycles. The molecule has 5 nitrogen and oxygen atoms in total. The van der Waals surface area contributed by atoms with Crippen molar-refractivity contribution in [3.05, 3.63) is 101 Å². The van der Waals surface area contributed by atoms with Crippen LogP contribution in [0.1, 0.15) is 48.8 Å². The summed E-state index contributed by atoms with van der Waals surface area (Å²) < 4.78 is 19.4. The van der Waals surface area contributed by atoms with Gasteiger partial charge in [-0.1, -0.05) is 73.9 Å². The monoisotopic (exact) mass is 502 g/mol. The Hall–Kier alpha value is -3.67. The molecule has 1 saturated carbocycles. The van der Waals surface area contributed by atoms with Crippen molar-refractivity contribution < 1.29 is 18.7 Å². The van der Waals surface area contributed by atoms with Crippen LogP contribution >= 0.6 is 0 Å². The predicted octanol–water partition coefficient (Wildman–Crippen LogP) is 5.60. The molecule has 1 fully saturated rings. The Morgan fingerprint density at radius 1 is 0.946 bits per heavy atom. The van der Waals surface area contributed by atoms with Gasteiger partial charge in [-0.15, -0.1) is 0 Å². The normalized spacial score (nSPS) is 14.5. The van der Waals surface area contributed by atoms with E-state index in [1.54, 1.807) is 17.0 Å². The summed E-state index contributed by atoms with van der Waals surface area (Å²) in [6, 6.07) is 22.6. The van der Waals surface area contributed by atoms with Crippen LogP contribution in [0.15, 0.2) is 78.9 Å². The Balaban J connectivity index is 1.60. The summed E-state index contributed by atoms with van der Waals surface area (Å²) in [5.74, 6) is -0.214. The first-order valence-electron chi connectivity index (χ1n) is 13.1. The summed E-state index contributed by atoms with van der Waals surface area (Å²) in [5.41, 5.74) is 2.73. The summed E-state index contributed by atoms with van der Waals surface area (Å²) in [7, 11) is 0. The van der Waals surface area contributed by atoms with Crippen LogP contribution in [0.3, 0.4) is 0 Å². The van der Waals surface area contributed by atoms with E-state index in [0.717, 1.165) is 42.4 Å². The number of rotatable bonds is 10. The molecule has 0 aliphatic heterocycles. The van der Waals surface area contributed by atoms with E-state index >= 15 is 0 Å². The molecule has 0 radical (unpaired) electrons. The fourth-order valence-corrected chi connectivity index (χ4v) is 4.82. The molecule has 1 atom stereocenters. The molecule has 1 aliphatic rings. The van der Waals surface area contributed by atoms with E-state index in [9.17, 15) is 14.0 Å². The maximum Gasteiger partial charge on any atom is 0.261 e. The third-order valence-corrected chi connectivity index (χ3v) is 6.84. The molecule has 1 N–H and O–H groups in total. The van der Waals surface area contributed by atoms with Gasteiger partial charge in [0.2, 0.25) is 5.91 Å². The zero-order valence-corrected chi connectivity index (χ0v) is 21.4. The molecular formula is C31H35FN2O3. The van der Waals surface area contributed by atoms with Crippen LogP contribution in [-0.2, 0) is 22.6 Å². The van der Waals surface area contributed by atoms with Gasteiger partial charge in [-0.2, -0.15) is 0 Å². The van der Waals surface area contributed by atoms with Gasteiger partial charge in [0.05, 0.1) is 0 Å². The van der Waals surface area contributed by atoms with Gasteiger partial charge in [-0.25, -0.2) is 4.39 Å². The highest BCUT2D eigenvalue weighted by atomic mass is 19.1. The number of hydrogen-bond acceptors (Lipinski definition) is 3. The second kappa shape index (κ2) is 13.0. The lowest BCUT2D eigenvalue weighted by atomic mass is 9.94. The summed E-state index contributed by atoms with van der Waals surface area (Å²) >= 11 is 0. The molecule has 1 aliphatic carbocycles. The van der Waals surface area contributed by atoms with Gasteiger partial charge in [0, 0.05) is 19.0 Å². The average Bonchev–Trinajstić information content (AvgIpc) is 2.91. The Kier molecular flexibility index (Phi) is 9.30. The van der Waals surface area contributed by atoms with E-state index in [4.69, 9.17) is 4.74 Å². The van der Waals surface area contributed by atoms with Crippen molar-refractivity contribution in [3.8, 4) is 5.75 Å². The number of aryl methyl sites for hydroxylation is 1. The van der Waals surface area contributed by atoms with Gasteiger partial charge >= 0.3 is 0 Å². The molecule has 3 aromatic rings. The minimum Gasteiger partial charge on any atom is -0.484 e. The smallest absolute Gasteiger partial charge is 0.261 e. The molecule has 0 saturated heterocycles. The second-order valence-electron chi connectivity index (χ2n) is 9.80. The van der Waals surface area contributed by atoms with E-state index in [1.807, 2.05) is 61.5 Å². The first-order valence-corrected chi connectivity index (χ1v) is 13.1. The minimum atomic E-state index is -0.733. The predicted molar refractivity (Wildman–Crippen MR) is 143 cm³/mol. The van der Waals surface area contributed by atoms with E-state index in [-0.39, 0.29) is 36.8 Å². The molecule has 4 rings (SSSR count). The van der Waals surface area contributed by atoms with Gasteiger partial charge in [0.25, 0.3) is 5.91 Å². The Labute approximate surface area is 218 Å². The lowest BCUT2D eigenvalue weighted by molar-refractivity contribution is -0.143. The minimum absolute atomic E-state index is 0.117. The van der Waals surface area contributed by atoms with Crippen molar-refractivity contribution in [3.63, 3.8) is 0 Å². The largest absolute Gasteiger partial charge is 0.484 e. The number of ether oxygens (including phenoxy) is 1. The zero-order valence-electron chi connectivity index (χ0n) is 21.4. The van der Waals surface area contributed by atoms with Crippen molar-refractivity contribution in [1.29, 1.82) is 0 Å². The van der Waals surface area contributed by atoms with Crippen molar-refractivity contribution in [2.45, 2.75) is 64.1 Å². The number of nitrogens with zero attached hydrogens (tertiary/aromatic N) is 1. The Bertz CT molecular complexity index is 1160. The first-order chi connectivity index (χ1) is 18.0. The second-order valence-corrected chi connectivity index (χ2v) is 9.80. The van der Waals surface area contributed by atoms with Crippen LogP contribution in [0.25, 0.3) is 0 Å². The molecule has 2 amide bonds. The zero-order chi connectivity index (χ0) is 26.0. The molecule has 194 valence electrons. The summed E-state index contributed by atoms with van der Waals surface area (Å²) in [4.78, 5) is 28.9. The Morgan fingerprint density at radius 3 is 2.38 bits per heavy atom. The molecule has 0 unspecified atom stereocenters. The van der Waals surface area contributed by atoms with Gasteiger partial charge in [0.1, 0.15) is 17.6 Å². The lowest BCUT2D eigenvalue weighted by Crippen LogP contribution is -2.53. The first kappa shape index (κ1) is 26.4. The molecular weight excluding hydrogens is 467 g/mol. The van der Waals surface area contributed by atoms with Crippen molar-refractivity contribution in [2.75, 3.05) is 6.61 Å². The highest BCUT2D eigenvalue weighted by Gasteiger charge is 2.32. The van der Waals surface area contributed by atoms with E-state index in [2.05, 4.69) is 5.32 Å². The summed E-state index contributed by atoms with van der Waals surface area (Å²) in [6.45, 7) is 1.93. The maximum absolute atomic E-state index is 13.7. The molecule has 3 aromatic carbocycles. The van der Waals surface area contributed by atoms with Gasteiger partial charge in [0.15, 0.2) is 6.61 Å². The van der Waals surface area contributed by atoms with Crippen molar-refractivity contribution in [2.24, 2.45) is 0 Å². The van der Waals surface area contributed by atoms with Crippen LogP contribution in [0, 0.1) is 12.7 Å². The van der Waals surface area contributed by atoms with E-state index < -0.39 is 6.04 Å². The third-order valence-electron chi connectivity index (χ3n) is 6.84. The van der Waals surface area contributed by atoms with Crippen LogP contribution < -0.4 is 10.1 Å². The number of benzene rings is 3. The quantitative estimate of drug-likeness (QED) is 0.393. The van der Waals surface area contributed by atoms with Gasteiger partial charge < -0.3 is 15.0 Å². The SMILES string of the molecule is Cc1cccc(OCC(=O)N(Cc2ccc(F)cc2)[C@@H](Cc2ccccc2)C(=O)NC2CCCCC2)c1. The number of nitrogens with one attached hydrogen (secondary N) is 1. The summed E-state index contributed by atoms with van der Waals surface area (Å²) in [5, 5.41) is 3.22. The number of hydrogen-bond donors (Lipinski definition) is 1. The van der Waals surface area contributed by atoms with Crippen LogP contribution in [0.4, 0.5) is 4.39 Å². The third kappa shape index (κ3) is 7.91. The van der Waals surface area contributed by atoms with E-state index in [1.165, 1.54) is 18.6 Å². The fourth-order valence-electron chi connectivity index (χ4n) is 4.82. The number of amides is 2. The Morgan fingerprint density at radius 2 is 1.68 bits per heavy atom. The molecule has 0 heterocycles. The van der Waals surface area contributed by atoms with Gasteiger partial charge in [-0.3, -0.25) is 9.59 Å². The molecule has 37 heavy (non-hydrogen) atoms. The van der Waals surface area contributed by atoms with Gasteiger partial charge in [-0.05, 0) is 60.7 Å². The average molecular weight is 503 g/mol. The fraction of sp³-hybridized carbons (Fsp3) is 0.355. The highest BCUT2D eigenvalue weighted by molar-refractivity contribution is 5.88. The van der Waals surface area contributed by atoms with Crippen molar-refractivity contribution >= 4 is 11.8 Å². The molecule has 0 bridgehead atoms. The molecule has 6 heteroatoms. The topological polar surface area (TPSA) is 58.6 Å². The van der Waals surface area contributed by atoms with Crippen LogP contribution in [-0.4, -0.2) is 35.4 Å². The van der Waals surface area contributed by atoms with Crippen molar-refractivity contribution in [1.82, 2.24) is 10.2 Å². The number of halogens is 1. The lowest BCUT2D eigenvalue weighted by Gasteiger charge is -2.33. The van der Waals surface area contributed by atoms with E-state index in [0.29, 0.717) is 12.2 Å². The van der Waals surface area contributed by atoms with Crippen LogP contribution in [0.2, 0.25) is 0 Å². The maximum atomic E-state index is 13.7. The highest BCUT2D eigenvalue weighted by Crippen LogP contribution is 2.20. The number of carbonyl (C=O) groups is 2. The standard InChI is InChI=1S/C31H35FN2O3/c1-23-9-8-14-28(19-23)37-22-30(35)34(21-25-15-17-26(32)18-16-25)29(20-24-10-4-2-5-11-24)31(36)33-27-12-6-3-7-13-27/h2,4-5,8-11,14-19,27,29H,3,6-7,12-13,20-22H2,1H3,(H,33,36)/t29-/m0/s1. The number of carbonyl (C=O) groups excluding carboxylic acids is 2.